The summed E-state index contributed by atoms with van der Waals surface area (Å²) in [6.45, 7) is 0.204. The Kier molecular flexibility index (Phi) is 4.85. The van der Waals surface area contributed by atoms with Crippen molar-refractivity contribution < 1.29 is 14.3 Å². The van der Waals surface area contributed by atoms with Gasteiger partial charge in [0, 0.05) is 16.7 Å². The topological polar surface area (TPSA) is 74.8 Å². The van der Waals surface area contributed by atoms with Crippen molar-refractivity contribution >= 4 is 40.5 Å². The Hall–Kier alpha value is -2.02. The molecule has 3 rings (SSSR count). The number of rotatable bonds is 4. The molecule has 23 heavy (non-hydrogen) atoms. The summed E-state index contributed by atoms with van der Waals surface area (Å²) >= 11 is 7.19. The van der Waals surface area contributed by atoms with Gasteiger partial charge in [0.15, 0.2) is 5.17 Å². The van der Waals surface area contributed by atoms with Gasteiger partial charge in [-0.15, -0.1) is 0 Å². The van der Waals surface area contributed by atoms with Gasteiger partial charge in [-0.25, -0.2) is 0 Å². The number of thioether (sulfide) groups is 1. The van der Waals surface area contributed by atoms with E-state index in [0.29, 0.717) is 26.6 Å². The molecule has 118 valence electrons. The summed E-state index contributed by atoms with van der Waals surface area (Å²) in [4.78, 5) is 16.4. The molecule has 2 heterocycles. The van der Waals surface area contributed by atoms with Crippen LogP contribution in [0.1, 0.15) is 5.76 Å². The zero-order valence-electron chi connectivity index (χ0n) is 12.0. The lowest BCUT2D eigenvalue weighted by atomic mass is 10.2. The molecule has 0 radical (unpaired) electrons. The van der Waals surface area contributed by atoms with Crippen molar-refractivity contribution in [2.45, 2.75) is 0 Å². The fraction of sp³-hybridized carbons (Fsp3) is 0.125. The maximum atomic E-state index is 11.9. The van der Waals surface area contributed by atoms with Crippen LogP contribution in [0.5, 0.6) is 0 Å². The predicted octanol–water partition coefficient (Wildman–Crippen LogP) is 3.15. The standard InChI is InChI=1S/C16H13ClN2O3S/c17-11-3-1-2-10(8-11)13-5-4-12(22-13)9-14-15(21)19-16(23-14)18-6-7-20/h1-5,8-9,20H,6-7H2,(H,18,19,21)/b14-9-. The highest BCUT2D eigenvalue weighted by molar-refractivity contribution is 8.18. The van der Waals surface area contributed by atoms with Crippen LogP contribution in [-0.2, 0) is 4.79 Å². The molecule has 1 fully saturated rings. The summed E-state index contributed by atoms with van der Waals surface area (Å²) in [6.07, 6.45) is 1.66. The first kappa shape index (κ1) is 15.9. The number of hydrogen-bond acceptors (Lipinski definition) is 5. The molecule has 1 aromatic carbocycles. The molecule has 1 aromatic heterocycles. The SMILES string of the molecule is O=C1NC(=NCCO)S/C1=C\c1ccc(-c2cccc(Cl)c2)o1. The van der Waals surface area contributed by atoms with Crippen molar-refractivity contribution in [2.24, 2.45) is 4.99 Å². The van der Waals surface area contributed by atoms with E-state index in [1.807, 2.05) is 24.3 Å². The largest absolute Gasteiger partial charge is 0.457 e. The van der Waals surface area contributed by atoms with Gasteiger partial charge < -0.3 is 14.8 Å². The number of nitrogens with one attached hydrogen (secondary N) is 1. The number of hydrogen-bond donors (Lipinski definition) is 2. The maximum absolute atomic E-state index is 11.9. The van der Waals surface area contributed by atoms with Crippen LogP contribution in [0.3, 0.4) is 0 Å². The minimum atomic E-state index is -0.229. The van der Waals surface area contributed by atoms with Crippen LogP contribution >= 0.6 is 23.4 Å². The van der Waals surface area contributed by atoms with Crippen LogP contribution in [0.2, 0.25) is 5.02 Å². The number of benzene rings is 1. The lowest BCUT2D eigenvalue weighted by Gasteiger charge is -1.97. The molecule has 7 heteroatoms. The van der Waals surface area contributed by atoms with Crippen molar-refractivity contribution in [2.75, 3.05) is 13.2 Å². The zero-order valence-corrected chi connectivity index (χ0v) is 13.5. The summed E-state index contributed by atoms with van der Waals surface area (Å²) in [5, 5.41) is 12.5. The van der Waals surface area contributed by atoms with Gasteiger partial charge >= 0.3 is 0 Å². The molecule has 5 nitrogen and oxygen atoms in total. The van der Waals surface area contributed by atoms with Crippen molar-refractivity contribution in [3.63, 3.8) is 0 Å². The van der Waals surface area contributed by atoms with E-state index in [9.17, 15) is 4.79 Å². The van der Waals surface area contributed by atoms with E-state index in [0.717, 1.165) is 5.56 Å². The van der Waals surface area contributed by atoms with E-state index in [1.165, 1.54) is 11.8 Å². The molecule has 2 aromatic rings. The van der Waals surface area contributed by atoms with Gasteiger partial charge in [-0.3, -0.25) is 9.79 Å². The number of furan rings is 1. The number of aliphatic hydroxyl groups is 1. The van der Waals surface area contributed by atoms with E-state index in [4.69, 9.17) is 21.1 Å². The highest BCUT2D eigenvalue weighted by Crippen LogP contribution is 2.29. The Morgan fingerprint density at radius 1 is 1.35 bits per heavy atom. The summed E-state index contributed by atoms with van der Waals surface area (Å²) < 4.78 is 5.74. The quantitative estimate of drug-likeness (QED) is 0.832. The number of amidine groups is 1. The highest BCUT2D eigenvalue weighted by Gasteiger charge is 2.23. The first-order chi connectivity index (χ1) is 11.2. The summed E-state index contributed by atoms with van der Waals surface area (Å²) in [7, 11) is 0. The normalized spacial score (nSPS) is 17.9. The smallest absolute Gasteiger partial charge is 0.264 e. The van der Waals surface area contributed by atoms with E-state index in [-0.39, 0.29) is 19.1 Å². The highest BCUT2D eigenvalue weighted by atomic mass is 35.5. The number of carbonyl (C=O) groups is 1. The Labute approximate surface area is 142 Å². The van der Waals surface area contributed by atoms with Gasteiger partial charge in [-0.2, -0.15) is 0 Å². The zero-order chi connectivity index (χ0) is 16.2. The lowest BCUT2D eigenvalue weighted by Crippen LogP contribution is -2.20. The van der Waals surface area contributed by atoms with Crippen LogP contribution < -0.4 is 5.32 Å². The molecule has 0 saturated carbocycles. The molecule has 1 amide bonds. The molecule has 1 aliphatic heterocycles. The van der Waals surface area contributed by atoms with Gasteiger partial charge in [-0.1, -0.05) is 23.7 Å². The summed E-state index contributed by atoms with van der Waals surface area (Å²) in [6, 6.07) is 11.0. The molecule has 1 aliphatic rings. The van der Waals surface area contributed by atoms with E-state index in [1.54, 1.807) is 18.2 Å². The van der Waals surface area contributed by atoms with Crippen LogP contribution in [0.4, 0.5) is 0 Å². The average molecular weight is 349 g/mol. The minimum absolute atomic E-state index is 0.0554. The monoisotopic (exact) mass is 348 g/mol. The van der Waals surface area contributed by atoms with Crippen LogP contribution in [0.15, 0.2) is 50.7 Å². The second-order valence-electron chi connectivity index (χ2n) is 4.69. The Balaban J connectivity index is 1.80. The van der Waals surface area contributed by atoms with Crippen LogP contribution in [0.25, 0.3) is 17.4 Å². The number of carbonyl (C=O) groups excluding carboxylic acids is 1. The number of aliphatic imine (C=N–C) groups is 1. The molecule has 0 unspecified atom stereocenters. The first-order valence-electron chi connectivity index (χ1n) is 6.88. The number of halogens is 1. The average Bonchev–Trinajstić information content (AvgIpc) is 3.13. The van der Waals surface area contributed by atoms with E-state index < -0.39 is 0 Å². The van der Waals surface area contributed by atoms with E-state index in [2.05, 4.69) is 10.3 Å². The van der Waals surface area contributed by atoms with Crippen molar-refractivity contribution in [3.8, 4) is 11.3 Å². The number of amides is 1. The first-order valence-corrected chi connectivity index (χ1v) is 8.07. The third-order valence-electron chi connectivity index (χ3n) is 3.02. The molecular formula is C16H13ClN2O3S. The maximum Gasteiger partial charge on any atom is 0.264 e. The molecule has 0 spiro atoms. The third-order valence-corrected chi connectivity index (χ3v) is 4.20. The molecule has 0 bridgehead atoms. The summed E-state index contributed by atoms with van der Waals surface area (Å²) in [5.41, 5.74) is 0.871. The Bertz CT molecular complexity index is 798. The fourth-order valence-electron chi connectivity index (χ4n) is 2.01. The molecule has 2 N–H and O–H groups in total. The summed E-state index contributed by atoms with van der Waals surface area (Å²) in [5.74, 6) is 1.02. The second-order valence-corrected chi connectivity index (χ2v) is 6.15. The molecule has 1 saturated heterocycles. The fourth-order valence-corrected chi connectivity index (χ4v) is 3.03. The predicted molar refractivity (Wildman–Crippen MR) is 92.3 cm³/mol. The minimum Gasteiger partial charge on any atom is -0.457 e. The van der Waals surface area contributed by atoms with Crippen molar-refractivity contribution in [1.29, 1.82) is 0 Å². The van der Waals surface area contributed by atoms with Gasteiger partial charge in [0.1, 0.15) is 11.5 Å². The van der Waals surface area contributed by atoms with E-state index >= 15 is 0 Å². The third kappa shape index (κ3) is 3.85. The molecule has 0 atom stereocenters. The number of aliphatic hydroxyl groups excluding tert-OH is 1. The lowest BCUT2D eigenvalue weighted by molar-refractivity contribution is -0.115. The van der Waals surface area contributed by atoms with Gasteiger partial charge in [0.25, 0.3) is 5.91 Å². The number of nitrogens with zero attached hydrogens (tertiary/aromatic N) is 1. The van der Waals surface area contributed by atoms with Gasteiger partial charge in [-0.05, 0) is 36.0 Å². The Morgan fingerprint density at radius 2 is 2.22 bits per heavy atom. The van der Waals surface area contributed by atoms with Gasteiger partial charge in [0.05, 0.1) is 18.1 Å². The van der Waals surface area contributed by atoms with Crippen molar-refractivity contribution in [3.05, 3.63) is 52.1 Å². The Morgan fingerprint density at radius 3 is 3.00 bits per heavy atom. The molecule has 0 aliphatic carbocycles. The molecular weight excluding hydrogens is 336 g/mol. The second kappa shape index (κ2) is 7.04. The van der Waals surface area contributed by atoms with Crippen LogP contribution in [0, 0.1) is 0 Å². The van der Waals surface area contributed by atoms with Crippen molar-refractivity contribution in [1.82, 2.24) is 5.32 Å². The van der Waals surface area contributed by atoms with Gasteiger partial charge in [0.2, 0.25) is 0 Å². The van der Waals surface area contributed by atoms with Crippen LogP contribution in [-0.4, -0.2) is 29.3 Å².